The van der Waals surface area contributed by atoms with Gasteiger partial charge >= 0.3 is 0 Å². The number of hydrogen-bond acceptors (Lipinski definition) is 2. The van der Waals surface area contributed by atoms with E-state index in [9.17, 15) is 5.11 Å². The molecule has 0 heterocycles. The molecule has 0 saturated heterocycles. The minimum Gasteiger partial charge on any atom is -0.389 e. The molecule has 4 atom stereocenters. The summed E-state index contributed by atoms with van der Waals surface area (Å²) < 4.78 is 0. The van der Waals surface area contributed by atoms with E-state index in [0.29, 0.717) is 0 Å². The first-order valence-electron chi connectivity index (χ1n) is 2.95. The van der Waals surface area contributed by atoms with Crippen LogP contribution in [0.2, 0.25) is 0 Å². The average molecular weight is 272 g/mol. The Kier molecular flexibility index (Phi) is 2.91. The van der Waals surface area contributed by atoms with Gasteiger partial charge in [0.05, 0.1) is 17.0 Å². The molecule has 58 valence electrons. The summed E-state index contributed by atoms with van der Waals surface area (Å²) in [4.78, 5) is -0.00148. The predicted molar refractivity (Wildman–Crippen MR) is 46.6 cm³/mol. The molecular weight excluding hydrogens is 264 g/mol. The molecule has 0 amide bonds. The molecule has 10 heavy (non-hydrogen) atoms. The number of alkyl halides is 2. The van der Waals surface area contributed by atoms with E-state index in [1.165, 1.54) is 0 Å². The third kappa shape index (κ3) is 1.61. The first-order valence-corrected chi connectivity index (χ1v) is 4.78. The molecule has 0 radical (unpaired) electrons. The van der Waals surface area contributed by atoms with E-state index in [0.717, 1.165) is 0 Å². The Balaban J connectivity index is 2.69. The van der Waals surface area contributed by atoms with Crippen molar-refractivity contribution in [2.75, 3.05) is 0 Å². The van der Waals surface area contributed by atoms with Gasteiger partial charge in [-0.05, 0) is 0 Å². The summed E-state index contributed by atoms with van der Waals surface area (Å²) in [6.45, 7) is 0. The fraction of sp³-hybridized carbons (Fsp3) is 0.667. The highest BCUT2D eigenvalue weighted by atomic mass is 79.9. The number of aliphatic hydroxyl groups is 2. The zero-order valence-corrected chi connectivity index (χ0v) is 8.29. The van der Waals surface area contributed by atoms with Crippen LogP contribution in [0.5, 0.6) is 0 Å². The van der Waals surface area contributed by atoms with Crippen LogP contribution in [0.4, 0.5) is 0 Å². The summed E-state index contributed by atoms with van der Waals surface area (Å²) in [6, 6.07) is 0. The zero-order chi connectivity index (χ0) is 7.72. The Morgan fingerprint density at radius 2 is 1.70 bits per heavy atom. The third-order valence-electron chi connectivity index (χ3n) is 1.47. The maximum atomic E-state index is 9.24. The summed E-state index contributed by atoms with van der Waals surface area (Å²) in [5.41, 5.74) is 0. The summed E-state index contributed by atoms with van der Waals surface area (Å²) in [5, 5.41) is 18.3. The molecule has 1 rings (SSSR count). The minimum absolute atomic E-state index is 0.103. The fourth-order valence-electron chi connectivity index (χ4n) is 0.817. The van der Waals surface area contributed by atoms with Crippen molar-refractivity contribution in [1.82, 2.24) is 0 Å². The lowest BCUT2D eigenvalue weighted by molar-refractivity contribution is 0.0457. The van der Waals surface area contributed by atoms with E-state index >= 15 is 0 Å². The topological polar surface area (TPSA) is 40.5 Å². The highest BCUT2D eigenvalue weighted by Crippen LogP contribution is 2.25. The van der Waals surface area contributed by atoms with Gasteiger partial charge in [-0.3, -0.25) is 0 Å². The molecule has 0 spiro atoms. The van der Waals surface area contributed by atoms with Crippen molar-refractivity contribution in [3.05, 3.63) is 12.2 Å². The molecule has 0 fully saturated rings. The molecule has 0 aromatic heterocycles. The third-order valence-corrected chi connectivity index (χ3v) is 4.17. The Morgan fingerprint density at radius 3 is 2.20 bits per heavy atom. The maximum absolute atomic E-state index is 9.24. The predicted octanol–water partition coefficient (Wildman–Crippen LogP) is 0.805. The molecule has 4 heteroatoms. The molecule has 1 aliphatic carbocycles. The molecule has 0 unspecified atom stereocenters. The van der Waals surface area contributed by atoms with Crippen LogP contribution in [-0.4, -0.2) is 32.1 Å². The first-order chi connectivity index (χ1) is 4.63. The largest absolute Gasteiger partial charge is 0.389 e. The van der Waals surface area contributed by atoms with Gasteiger partial charge in [0.25, 0.3) is 0 Å². The fourth-order valence-corrected chi connectivity index (χ4v) is 1.79. The molecular formula is C6H8Br2O2. The Labute approximate surface area is 76.2 Å². The summed E-state index contributed by atoms with van der Waals surface area (Å²) >= 11 is 6.57. The van der Waals surface area contributed by atoms with Gasteiger partial charge in [-0.2, -0.15) is 0 Å². The number of rotatable bonds is 0. The quantitative estimate of drug-likeness (QED) is 0.506. The van der Waals surface area contributed by atoms with Gasteiger partial charge in [-0.15, -0.1) is 0 Å². The van der Waals surface area contributed by atoms with Crippen LogP contribution in [0.3, 0.4) is 0 Å². The van der Waals surface area contributed by atoms with Crippen LogP contribution < -0.4 is 0 Å². The van der Waals surface area contributed by atoms with Crippen LogP contribution in [0, 0.1) is 0 Å². The van der Waals surface area contributed by atoms with E-state index in [-0.39, 0.29) is 9.65 Å². The van der Waals surface area contributed by atoms with E-state index in [1.807, 2.05) is 6.08 Å². The van der Waals surface area contributed by atoms with Crippen molar-refractivity contribution >= 4 is 31.9 Å². The van der Waals surface area contributed by atoms with Gasteiger partial charge in [-0.25, -0.2) is 0 Å². The van der Waals surface area contributed by atoms with Crippen molar-refractivity contribution in [3.8, 4) is 0 Å². The molecule has 2 nitrogen and oxygen atoms in total. The van der Waals surface area contributed by atoms with Crippen molar-refractivity contribution in [3.63, 3.8) is 0 Å². The molecule has 0 bridgehead atoms. The molecule has 0 aliphatic heterocycles. The van der Waals surface area contributed by atoms with E-state index in [1.54, 1.807) is 6.08 Å². The number of hydrogen-bond donors (Lipinski definition) is 2. The highest BCUT2D eigenvalue weighted by molar-refractivity contribution is 9.12. The lowest BCUT2D eigenvalue weighted by Crippen LogP contribution is -2.40. The minimum atomic E-state index is -0.738. The Morgan fingerprint density at radius 1 is 1.10 bits per heavy atom. The second-order valence-electron chi connectivity index (χ2n) is 2.25. The van der Waals surface area contributed by atoms with Crippen molar-refractivity contribution in [2.45, 2.75) is 21.9 Å². The second kappa shape index (κ2) is 3.34. The summed E-state index contributed by atoms with van der Waals surface area (Å²) in [7, 11) is 0. The van der Waals surface area contributed by atoms with Gasteiger partial charge in [0, 0.05) is 4.83 Å². The lowest BCUT2D eigenvalue weighted by Gasteiger charge is -2.27. The maximum Gasteiger partial charge on any atom is 0.0991 e. The standard InChI is InChI=1S/C6H8Br2O2/c7-3-1-2-4(9)6(10)5(3)8/h1-6,9-10H/t3-,4+,5+,6+/m1/s1. The first kappa shape index (κ1) is 8.71. The van der Waals surface area contributed by atoms with Gasteiger partial charge in [0.1, 0.15) is 0 Å². The molecule has 1 aliphatic rings. The van der Waals surface area contributed by atoms with Crippen molar-refractivity contribution < 1.29 is 10.2 Å². The van der Waals surface area contributed by atoms with Gasteiger partial charge in [0.15, 0.2) is 0 Å². The number of halogens is 2. The van der Waals surface area contributed by atoms with Crippen LogP contribution in [-0.2, 0) is 0 Å². The SMILES string of the molecule is O[C@@H]1[C@@H](Br)[C@H](Br)C=C[C@@H]1O. The second-order valence-corrected chi connectivity index (χ2v) is 4.37. The normalized spacial score (nSPS) is 47.6. The molecule has 0 aromatic carbocycles. The summed E-state index contributed by atoms with van der Waals surface area (Å²) in [5.74, 6) is 0. The molecule has 2 N–H and O–H groups in total. The van der Waals surface area contributed by atoms with Crippen LogP contribution >= 0.6 is 31.9 Å². The molecule has 0 aromatic rings. The Bertz CT molecular complexity index is 133. The monoisotopic (exact) mass is 270 g/mol. The van der Waals surface area contributed by atoms with Gasteiger partial charge in [-0.1, -0.05) is 44.0 Å². The van der Waals surface area contributed by atoms with Gasteiger partial charge in [0.2, 0.25) is 0 Å². The van der Waals surface area contributed by atoms with Crippen molar-refractivity contribution in [1.29, 1.82) is 0 Å². The molecule has 0 saturated carbocycles. The lowest BCUT2D eigenvalue weighted by atomic mass is 10.0. The van der Waals surface area contributed by atoms with Crippen LogP contribution in [0.15, 0.2) is 12.2 Å². The van der Waals surface area contributed by atoms with Crippen molar-refractivity contribution in [2.24, 2.45) is 0 Å². The average Bonchev–Trinajstić information content (AvgIpc) is 1.93. The van der Waals surface area contributed by atoms with Crippen LogP contribution in [0.1, 0.15) is 0 Å². The van der Waals surface area contributed by atoms with E-state index in [2.05, 4.69) is 31.9 Å². The highest BCUT2D eigenvalue weighted by Gasteiger charge is 2.30. The Hall–Kier alpha value is 0.620. The van der Waals surface area contributed by atoms with Gasteiger partial charge < -0.3 is 10.2 Å². The smallest absolute Gasteiger partial charge is 0.0991 e. The number of allylic oxidation sites excluding steroid dienone is 1. The van der Waals surface area contributed by atoms with E-state index < -0.39 is 12.2 Å². The zero-order valence-electron chi connectivity index (χ0n) is 5.11. The summed E-state index contributed by atoms with van der Waals surface area (Å²) in [6.07, 6.45) is 1.95. The van der Waals surface area contributed by atoms with Crippen LogP contribution in [0.25, 0.3) is 0 Å². The number of aliphatic hydroxyl groups excluding tert-OH is 2. The van der Waals surface area contributed by atoms with E-state index in [4.69, 9.17) is 5.11 Å².